The number of hydrogen-bond donors (Lipinski definition) is 0. The first-order chi connectivity index (χ1) is 8.67. The molecule has 0 spiro atoms. The van der Waals surface area contributed by atoms with Crippen LogP contribution < -0.4 is 4.87 Å². The number of aryl methyl sites for hydroxylation is 2. The third-order valence-electron chi connectivity index (χ3n) is 2.59. The van der Waals surface area contributed by atoms with E-state index in [0.29, 0.717) is 13.1 Å². The van der Waals surface area contributed by atoms with Gasteiger partial charge in [-0.3, -0.25) is 4.79 Å². The van der Waals surface area contributed by atoms with Gasteiger partial charge in [-0.05, 0) is 6.92 Å². The van der Waals surface area contributed by atoms with Crippen molar-refractivity contribution < 1.29 is 0 Å². The molecule has 0 aliphatic rings. The topological polar surface area (TPSA) is 87.4 Å². The number of hydrogen-bond acceptors (Lipinski definition) is 5. The molecular formula is C11H9N5OS. The molecule has 2 rings (SSSR count). The van der Waals surface area contributed by atoms with Gasteiger partial charge in [-0.15, -0.1) is 0 Å². The van der Waals surface area contributed by atoms with E-state index in [-0.39, 0.29) is 16.3 Å². The average molecular weight is 259 g/mol. The second-order valence-corrected chi connectivity index (χ2v) is 4.47. The Hall–Kier alpha value is -2.38. The summed E-state index contributed by atoms with van der Waals surface area (Å²) >= 11 is 1.15. The summed E-state index contributed by atoms with van der Waals surface area (Å²) in [6.07, 6.45) is 1.45. The molecule has 2 aromatic rings. The Labute approximate surface area is 107 Å². The molecule has 0 N–H and O–H groups in total. The fraction of sp³-hybridized carbons (Fsp3) is 0.273. The van der Waals surface area contributed by atoms with Crippen LogP contribution in [0.3, 0.4) is 0 Å². The maximum Gasteiger partial charge on any atom is 0.307 e. The Morgan fingerprint density at radius 3 is 2.72 bits per heavy atom. The maximum absolute atomic E-state index is 11.5. The van der Waals surface area contributed by atoms with Crippen molar-refractivity contribution in [1.29, 1.82) is 10.5 Å². The molecule has 2 aromatic heterocycles. The molecule has 7 heteroatoms. The van der Waals surface area contributed by atoms with Gasteiger partial charge < -0.3 is 9.13 Å². The number of rotatable bonds is 3. The lowest BCUT2D eigenvalue weighted by Crippen LogP contribution is -2.18. The molecular weight excluding hydrogens is 250 g/mol. The van der Waals surface area contributed by atoms with Gasteiger partial charge in [0, 0.05) is 24.2 Å². The molecule has 0 unspecified atom stereocenters. The van der Waals surface area contributed by atoms with Crippen molar-refractivity contribution in [3.05, 3.63) is 38.5 Å². The fourth-order valence-electron chi connectivity index (χ4n) is 1.63. The molecule has 6 nitrogen and oxygen atoms in total. The minimum absolute atomic E-state index is 0.0216. The number of nitrogens with zero attached hydrogens (tertiary/aromatic N) is 5. The normalized spacial score (nSPS) is 9.94. The summed E-state index contributed by atoms with van der Waals surface area (Å²) in [5, 5.41) is 19.5. The number of aromatic nitrogens is 3. The average Bonchev–Trinajstić information content (AvgIpc) is 2.91. The highest BCUT2D eigenvalue weighted by atomic mass is 32.1. The van der Waals surface area contributed by atoms with Crippen molar-refractivity contribution in [2.24, 2.45) is 0 Å². The van der Waals surface area contributed by atoms with Gasteiger partial charge in [0.05, 0.1) is 6.33 Å². The van der Waals surface area contributed by atoms with Gasteiger partial charge in [0.2, 0.25) is 0 Å². The van der Waals surface area contributed by atoms with Crippen molar-refractivity contribution in [1.82, 2.24) is 14.1 Å². The smallest absolute Gasteiger partial charge is 0.307 e. The van der Waals surface area contributed by atoms with Gasteiger partial charge >= 0.3 is 4.87 Å². The minimum Gasteiger partial charge on any atom is -0.319 e. The van der Waals surface area contributed by atoms with Crippen LogP contribution in [0.1, 0.15) is 17.1 Å². The molecule has 0 amide bonds. The van der Waals surface area contributed by atoms with E-state index in [0.717, 1.165) is 17.0 Å². The molecule has 0 aromatic carbocycles. The van der Waals surface area contributed by atoms with Crippen molar-refractivity contribution >= 4 is 11.3 Å². The zero-order chi connectivity index (χ0) is 13.1. The molecule has 2 heterocycles. The van der Waals surface area contributed by atoms with Gasteiger partial charge in [0.1, 0.15) is 12.1 Å². The van der Waals surface area contributed by atoms with Crippen LogP contribution in [-0.4, -0.2) is 14.1 Å². The van der Waals surface area contributed by atoms with Crippen molar-refractivity contribution in [3.8, 4) is 12.1 Å². The number of imidazole rings is 1. The van der Waals surface area contributed by atoms with Crippen molar-refractivity contribution in [2.45, 2.75) is 20.0 Å². The molecule has 0 radical (unpaired) electrons. The van der Waals surface area contributed by atoms with Gasteiger partial charge in [-0.1, -0.05) is 11.3 Å². The van der Waals surface area contributed by atoms with E-state index >= 15 is 0 Å². The first-order valence-corrected chi connectivity index (χ1v) is 6.05. The quantitative estimate of drug-likeness (QED) is 0.817. The first-order valence-electron chi connectivity index (χ1n) is 5.17. The Morgan fingerprint density at radius 2 is 2.17 bits per heavy atom. The van der Waals surface area contributed by atoms with E-state index in [2.05, 4.69) is 4.98 Å². The summed E-state index contributed by atoms with van der Waals surface area (Å²) < 4.78 is 3.22. The second kappa shape index (κ2) is 4.86. The van der Waals surface area contributed by atoms with Crippen LogP contribution >= 0.6 is 11.3 Å². The van der Waals surface area contributed by atoms with Crippen LogP contribution in [-0.2, 0) is 13.1 Å². The number of thiazole rings is 1. The van der Waals surface area contributed by atoms with Crippen LogP contribution in [0.2, 0.25) is 0 Å². The van der Waals surface area contributed by atoms with Crippen molar-refractivity contribution in [3.63, 3.8) is 0 Å². The lowest BCUT2D eigenvalue weighted by Gasteiger charge is -2.05. The van der Waals surface area contributed by atoms with Crippen LogP contribution in [0.25, 0.3) is 0 Å². The van der Waals surface area contributed by atoms with E-state index < -0.39 is 0 Å². The predicted molar refractivity (Wildman–Crippen MR) is 65.0 cm³/mol. The van der Waals surface area contributed by atoms with E-state index in [1.807, 2.05) is 19.1 Å². The van der Waals surface area contributed by atoms with Crippen LogP contribution in [0.4, 0.5) is 0 Å². The zero-order valence-electron chi connectivity index (χ0n) is 9.62. The predicted octanol–water partition coefficient (Wildman–Crippen LogP) is 0.858. The summed E-state index contributed by atoms with van der Waals surface area (Å²) in [6.45, 7) is 2.76. The zero-order valence-corrected chi connectivity index (χ0v) is 10.4. The van der Waals surface area contributed by atoms with E-state index in [9.17, 15) is 4.79 Å². The van der Waals surface area contributed by atoms with E-state index in [1.165, 1.54) is 6.33 Å². The van der Waals surface area contributed by atoms with Crippen LogP contribution in [0.15, 0.2) is 16.5 Å². The molecule has 0 aliphatic heterocycles. The highest BCUT2D eigenvalue weighted by Gasteiger charge is 2.10. The summed E-state index contributed by atoms with van der Waals surface area (Å²) in [5.41, 5.74) is 1.24. The summed E-state index contributed by atoms with van der Waals surface area (Å²) in [5.74, 6) is 0. The largest absolute Gasteiger partial charge is 0.319 e. The molecule has 0 atom stereocenters. The number of nitriles is 2. The molecule has 0 saturated carbocycles. The summed E-state index contributed by atoms with van der Waals surface area (Å²) in [6, 6.07) is 3.81. The Morgan fingerprint density at radius 1 is 1.39 bits per heavy atom. The Balaban J connectivity index is 2.22. The van der Waals surface area contributed by atoms with Crippen molar-refractivity contribution in [2.75, 3.05) is 0 Å². The lowest BCUT2D eigenvalue weighted by molar-refractivity contribution is 0.560. The van der Waals surface area contributed by atoms with Gasteiger partial charge in [-0.2, -0.15) is 10.5 Å². The molecule has 18 heavy (non-hydrogen) atoms. The molecule has 0 fully saturated rings. The van der Waals surface area contributed by atoms with Gasteiger partial charge in [0.15, 0.2) is 11.4 Å². The minimum atomic E-state index is -0.0216. The van der Waals surface area contributed by atoms with Gasteiger partial charge in [-0.25, -0.2) is 4.98 Å². The van der Waals surface area contributed by atoms with E-state index in [4.69, 9.17) is 10.5 Å². The fourth-order valence-corrected chi connectivity index (χ4v) is 2.39. The lowest BCUT2D eigenvalue weighted by atomic mass is 10.3. The Bertz CT molecular complexity index is 709. The highest BCUT2D eigenvalue weighted by molar-refractivity contribution is 7.07. The third kappa shape index (κ3) is 2.04. The van der Waals surface area contributed by atoms with E-state index in [1.54, 1.807) is 14.5 Å². The third-order valence-corrected chi connectivity index (χ3v) is 3.47. The molecule has 90 valence electrons. The standard InChI is InChI=1S/C11H9N5OS/c1-8-6-18-11(17)16(8)3-2-15-7-14-9(4-12)10(15)5-13/h6-7H,2-3H2,1H3. The second-order valence-electron chi connectivity index (χ2n) is 3.65. The van der Waals surface area contributed by atoms with Crippen LogP contribution in [0.5, 0.6) is 0 Å². The Kier molecular flexibility index (Phi) is 3.26. The first kappa shape index (κ1) is 12.1. The monoisotopic (exact) mass is 259 g/mol. The SMILES string of the molecule is Cc1csc(=O)n1CCn1cnc(C#N)c1C#N. The molecule has 0 bridgehead atoms. The maximum atomic E-state index is 11.5. The molecule has 0 aliphatic carbocycles. The summed E-state index contributed by atoms with van der Waals surface area (Å²) in [7, 11) is 0. The van der Waals surface area contributed by atoms with Crippen LogP contribution in [0, 0.1) is 29.6 Å². The highest BCUT2D eigenvalue weighted by Crippen LogP contribution is 2.06. The summed E-state index contributed by atoms with van der Waals surface area (Å²) in [4.78, 5) is 15.3. The van der Waals surface area contributed by atoms with Gasteiger partial charge in [0.25, 0.3) is 0 Å². The molecule has 0 saturated heterocycles.